The van der Waals surface area contributed by atoms with Crippen molar-refractivity contribution < 1.29 is 19.3 Å². The SMILES string of the molecule is COc1cc(C(O)c2c(OC)cccc2OC)ncn1. The number of benzene rings is 1. The van der Waals surface area contributed by atoms with Gasteiger partial charge in [-0.2, -0.15) is 0 Å². The summed E-state index contributed by atoms with van der Waals surface area (Å²) >= 11 is 0. The fourth-order valence-corrected chi connectivity index (χ4v) is 1.91. The van der Waals surface area contributed by atoms with E-state index in [-0.39, 0.29) is 0 Å². The van der Waals surface area contributed by atoms with Crippen molar-refractivity contribution >= 4 is 0 Å². The largest absolute Gasteiger partial charge is 0.496 e. The van der Waals surface area contributed by atoms with E-state index in [9.17, 15) is 5.11 Å². The van der Waals surface area contributed by atoms with Gasteiger partial charge in [-0.15, -0.1) is 0 Å². The first-order valence-electron chi connectivity index (χ1n) is 5.96. The molecule has 0 amide bonds. The molecule has 1 N–H and O–H groups in total. The first-order chi connectivity index (χ1) is 9.71. The van der Waals surface area contributed by atoms with Crippen molar-refractivity contribution in [2.45, 2.75) is 6.10 Å². The number of aliphatic hydroxyl groups excluding tert-OH is 1. The van der Waals surface area contributed by atoms with Crippen LogP contribution < -0.4 is 14.2 Å². The Balaban J connectivity index is 2.49. The quantitative estimate of drug-likeness (QED) is 0.894. The van der Waals surface area contributed by atoms with Gasteiger partial charge >= 0.3 is 0 Å². The monoisotopic (exact) mass is 276 g/mol. The zero-order valence-corrected chi connectivity index (χ0v) is 11.5. The standard InChI is InChI=1S/C14H16N2O4/c1-18-10-5-4-6-11(19-2)13(10)14(17)9-7-12(20-3)16-8-15-9/h4-8,14,17H,1-3H3. The molecule has 6 heteroatoms. The van der Waals surface area contributed by atoms with Crippen LogP contribution in [0.15, 0.2) is 30.6 Å². The Morgan fingerprint density at radius 1 is 1.00 bits per heavy atom. The molecule has 0 bridgehead atoms. The topological polar surface area (TPSA) is 73.7 Å². The Hall–Kier alpha value is -2.34. The van der Waals surface area contributed by atoms with Crippen molar-refractivity contribution in [3.8, 4) is 17.4 Å². The Morgan fingerprint density at radius 3 is 2.20 bits per heavy atom. The van der Waals surface area contributed by atoms with Gasteiger partial charge in [0.2, 0.25) is 5.88 Å². The maximum atomic E-state index is 10.5. The van der Waals surface area contributed by atoms with Gasteiger partial charge < -0.3 is 19.3 Å². The maximum absolute atomic E-state index is 10.5. The zero-order valence-electron chi connectivity index (χ0n) is 11.5. The molecule has 1 unspecified atom stereocenters. The minimum absolute atomic E-state index is 0.378. The van der Waals surface area contributed by atoms with Gasteiger partial charge in [0.15, 0.2) is 0 Å². The van der Waals surface area contributed by atoms with Gasteiger partial charge in [-0.05, 0) is 12.1 Å². The Morgan fingerprint density at radius 2 is 1.65 bits per heavy atom. The van der Waals surface area contributed by atoms with E-state index in [1.54, 1.807) is 24.3 Å². The molecule has 0 saturated heterocycles. The van der Waals surface area contributed by atoms with Gasteiger partial charge in [-0.25, -0.2) is 9.97 Å². The molecule has 2 aromatic rings. The summed E-state index contributed by atoms with van der Waals surface area (Å²) in [5.41, 5.74) is 0.915. The number of aromatic nitrogens is 2. The van der Waals surface area contributed by atoms with E-state index in [2.05, 4.69) is 9.97 Å². The predicted octanol–water partition coefficient (Wildman–Crippen LogP) is 1.58. The highest BCUT2D eigenvalue weighted by molar-refractivity contribution is 5.48. The van der Waals surface area contributed by atoms with Crippen LogP contribution in [0.25, 0.3) is 0 Å². The average Bonchev–Trinajstić information content (AvgIpc) is 2.53. The van der Waals surface area contributed by atoms with E-state index >= 15 is 0 Å². The molecule has 20 heavy (non-hydrogen) atoms. The molecule has 0 saturated carbocycles. The molecular weight excluding hydrogens is 260 g/mol. The maximum Gasteiger partial charge on any atom is 0.216 e. The summed E-state index contributed by atoms with van der Waals surface area (Å²) in [6.07, 6.45) is 0.331. The smallest absolute Gasteiger partial charge is 0.216 e. The fraction of sp³-hybridized carbons (Fsp3) is 0.286. The lowest BCUT2D eigenvalue weighted by atomic mass is 10.0. The van der Waals surface area contributed by atoms with Crippen molar-refractivity contribution in [2.75, 3.05) is 21.3 Å². The van der Waals surface area contributed by atoms with Crippen LogP contribution in [0.3, 0.4) is 0 Å². The van der Waals surface area contributed by atoms with Crippen molar-refractivity contribution in [3.05, 3.63) is 41.9 Å². The summed E-state index contributed by atoms with van der Waals surface area (Å²) in [5.74, 6) is 1.42. The van der Waals surface area contributed by atoms with Gasteiger partial charge in [0.25, 0.3) is 0 Å². The van der Waals surface area contributed by atoms with Crippen molar-refractivity contribution in [1.29, 1.82) is 0 Å². The Labute approximate surface area is 117 Å². The second kappa shape index (κ2) is 6.21. The third-order valence-electron chi connectivity index (χ3n) is 2.89. The number of aliphatic hydroxyl groups is 1. The molecule has 0 aliphatic heterocycles. The number of methoxy groups -OCH3 is 3. The molecule has 0 aliphatic carbocycles. The van der Waals surface area contributed by atoms with E-state index in [1.807, 2.05) is 0 Å². The molecule has 1 heterocycles. The van der Waals surface area contributed by atoms with Crippen molar-refractivity contribution in [2.24, 2.45) is 0 Å². The highest BCUT2D eigenvalue weighted by atomic mass is 16.5. The number of hydrogen-bond donors (Lipinski definition) is 1. The van der Waals surface area contributed by atoms with Crippen LogP contribution in [-0.4, -0.2) is 36.4 Å². The molecule has 1 aromatic heterocycles. The minimum Gasteiger partial charge on any atom is -0.496 e. The third kappa shape index (κ3) is 2.65. The van der Waals surface area contributed by atoms with E-state index in [4.69, 9.17) is 14.2 Å². The highest BCUT2D eigenvalue weighted by Gasteiger charge is 2.22. The molecule has 6 nitrogen and oxygen atoms in total. The van der Waals surface area contributed by atoms with Gasteiger partial charge in [-0.3, -0.25) is 0 Å². The van der Waals surface area contributed by atoms with Crippen LogP contribution >= 0.6 is 0 Å². The van der Waals surface area contributed by atoms with Crippen LogP contribution in [0.4, 0.5) is 0 Å². The Bertz CT molecular complexity index is 567. The van der Waals surface area contributed by atoms with Gasteiger partial charge in [0, 0.05) is 6.07 Å². The molecule has 106 valence electrons. The van der Waals surface area contributed by atoms with Crippen LogP contribution in [0.2, 0.25) is 0 Å². The third-order valence-corrected chi connectivity index (χ3v) is 2.89. The second-order valence-corrected chi connectivity index (χ2v) is 3.96. The molecule has 1 atom stereocenters. The summed E-state index contributed by atoms with van der Waals surface area (Å²) in [6, 6.07) is 6.85. The number of ether oxygens (including phenoxy) is 3. The molecule has 0 radical (unpaired) electrons. The number of rotatable bonds is 5. The van der Waals surface area contributed by atoms with E-state index < -0.39 is 6.10 Å². The molecule has 1 aromatic carbocycles. The minimum atomic E-state index is -1.00. The van der Waals surface area contributed by atoms with E-state index in [0.717, 1.165) is 0 Å². The van der Waals surface area contributed by atoms with Gasteiger partial charge in [0.05, 0.1) is 32.6 Å². The van der Waals surface area contributed by atoms with Gasteiger partial charge in [0.1, 0.15) is 23.9 Å². The van der Waals surface area contributed by atoms with Gasteiger partial charge in [-0.1, -0.05) is 6.07 Å². The molecule has 0 spiro atoms. The van der Waals surface area contributed by atoms with Crippen molar-refractivity contribution in [1.82, 2.24) is 9.97 Å². The summed E-state index contributed by atoms with van der Waals surface area (Å²) in [5, 5.41) is 10.5. The Kier molecular flexibility index (Phi) is 4.37. The van der Waals surface area contributed by atoms with Crippen LogP contribution in [-0.2, 0) is 0 Å². The first kappa shape index (κ1) is 14.1. The zero-order chi connectivity index (χ0) is 14.5. The number of hydrogen-bond acceptors (Lipinski definition) is 6. The summed E-state index contributed by atoms with van der Waals surface area (Å²) < 4.78 is 15.6. The molecular formula is C14H16N2O4. The second-order valence-electron chi connectivity index (χ2n) is 3.96. The molecule has 0 fully saturated rings. The van der Waals surface area contributed by atoms with E-state index in [1.165, 1.54) is 27.7 Å². The fourth-order valence-electron chi connectivity index (χ4n) is 1.91. The molecule has 0 aliphatic rings. The first-order valence-corrected chi connectivity index (χ1v) is 5.96. The normalized spacial score (nSPS) is 11.8. The lowest BCUT2D eigenvalue weighted by Gasteiger charge is -2.17. The highest BCUT2D eigenvalue weighted by Crippen LogP contribution is 2.36. The van der Waals surface area contributed by atoms with Crippen LogP contribution in [0.1, 0.15) is 17.4 Å². The summed E-state index contributed by atoms with van der Waals surface area (Å²) in [6.45, 7) is 0. The summed E-state index contributed by atoms with van der Waals surface area (Å²) in [4.78, 5) is 7.97. The number of nitrogens with zero attached hydrogens (tertiary/aromatic N) is 2. The lowest BCUT2D eigenvalue weighted by Crippen LogP contribution is -2.07. The van der Waals surface area contributed by atoms with Crippen LogP contribution in [0, 0.1) is 0 Å². The summed E-state index contributed by atoms with van der Waals surface area (Å²) in [7, 11) is 4.57. The van der Waals surface area contributed by atoms with Crippen LogP contribution in [0.5, 0.6) is 17.4 Å². The van der Waals surface area contributed by atoms with E-state index in [0.29, 0.717) is 28.6 Å². The average molecular weight is 276 g/mol. The lowest BCUT2D eigenvalue weighted by molar-refractivity contribution is 0.203. The predicted molar refractivity (Wildman–Crippen MR) is 72.2 cm³/mol. The van der Waals surface area contributed by atoms with Crippen molar-refractivity contribution in [3.63, 3.8) is 0 Å². The molecule has 2 rings (SSSR count).